The van der Waals surface area contributed by atoms with Crippen molar-refractivity contribution in [3.63, 3.8) is 0 Å². The van der Waals surface area contributed by atoms with Crippen LogP contribution in [0.2, 0.25) is 0 Å². The summed E-state index contributed by atoms with van der Waals surface area (Å²) in [5, 5.41) is 5.47. The summed E-state index contributed by atoms with van der Waals surface area (Å²) < 4.78 is 0. The topological polar surface area (TPSA) is 32.3 Å². The van der Waals surface area contributed by atoms with Gasteiger partial charge in [0, 0.05) is 18.0 Å². The van der Waals surface area contributed by atoms with Gasteiger partial charge in [0.05, 0.1) is 6.42 Å². The van der Waals surface area contributed by atoms with E-state index in [9.17, 15) is 4.79 Å². The average molecular weight is 250 g/mol. The number of hydrogen-bond donors (Lipinski definition) is 1. The van der Waals surface area contributed by atoms with Crippen LogP contribution in [0, 0.1) is 11.8 Å². The second-order valence-corrected chi connectivity index (χ2v) is 6.10. The van der Waals surface area contributed by atoms with Crippen LogP contribution < -0.4 is 5.32 Å². The van der Waals surface area contributed by atoms with E-state index in [1.165, 1.54) is 11.3 Å². The highest BCUT2D eigenvalue weighted by Gasteiger charge is 2.34. The number of nitrogens with zero attached hydrogens (tertiary/aromatic N) is 1. The van der Waals surface area contributed by atoms with Gasteiger partial charge in [0.25, 0.3) is 0 Å². The normalized spacial score (nSPS) is 28.1. The van der Waals surface area contributed by atoms with Crippen LogP contribution in [-0.4, -0.2) is 37.0 Å². The van der Waals surface area contributed by atoms with E-state index < -0.39 is 0 Å². The van der Waals surface area contributed by atoms with E-state index in [0.29, 0.717) is 18.2 Å². The number of nitrogens with one attached hydrogen (secondary N) is 1. The highest BCUT2D eigenvalue weighted by atomic mass is 32.1. The number of amides is 1. The lowest BCUT2D eigenvalue weighted by Gasteiger charge is -2.34. The van der Waals surface area contributed by atoms with Crippen LogP contribution in [0.25, 0.3) is 0 Å². The van der Waals surface area contributed by atoms with Crippen LogP contribution in [0.1, 0.15) is 11.3 Å². The summed E-state index contributed by atoms with van der Waals surface area (Å²) in [6, 6.07) is 4.06. The number of likely N-dealkylation sites (tertiary alicyclic amines) is 1. The van der Waals surface area contributed by atoms with Crippen LogP contribution in [0.5, 0.6) is 0 Å². The smallest absolute Gasteiger partial charge is 0.227 e. The van der Waals surface area contributed by atoms with Crippen molar-refractivity contribution in [2.24, 2.45) is 11.8 Å². The van der Waals surface area contributed by atoms with Crippen molar-refractivity contribution in [1.82, 2.24) is 10.2 Å². The Hall–Kier alpha value is -0.870. The molecule has 3 heterocycles. The maximum atomic E-state index is 12.2. The number of hydrogen-bond acceptors (Lipinski definition) is 3. The fraction of sp³-hybridized carbons (Fsp3) is 0.615. The molecule has 2 fully saturated rings. The standard InChI is InChI=1S/C13H18N2OS/c16-13(6-12-2-1-5-17-12)15-4-3-10-7-14-8-11(10)9-15/h1-2,5,10-11,14H,3-4,6-9H2. The van der Waals surface area contributed by atoms with Gasteiger partial charge in [-0.3, -0.25) is 4.79 Å². The summed E-state index contributed by atoms with van der Waals surface area (Å²) in [4.78, 5) is 15.4. The minimum absolute atomic E-state index is 0.304. The lowest BCUT2D eigenvalue weighted by atomic mass is 9.88. The Bertz CT molecular complexity index is 390. The maximum Gasteiger partial charge on any atom is 0.227 e. The van der Waals surface area contributed by atoms with E-state index in [2.05, 4.69) is 10.2 Å². The van der Waals surface area contributed by atoms with Gasteiger partial charge in [0.2, 0.25) is 5.91 Å². The lowest BCUT2D eigenvalue weighted by Crippen LogP contribution is -2.44. The van der Waals surface area contributed by atoms with Crippen LogP contribution in [0.3, 0.4) is 0 Å². The van der Waals surface area contributed by atoms with Crippen LogP contribution in [-0.2, 0) is 11.2 Å². The van der Waals surface area contributed by atoms with Crippen molar-refractivity contribution in [1.29, 1.82) is 0 Å². The predicted molar refractivity (Wildman–Crippen MR) is 69.1 cm³/mol. The molecule has 92 valence electrons. The van der Waals surface area contributed by atoms with Crippen molar-refractivity contribution in [3.8, 4) is 0 Å². The van der Waals surface area contributed by atoms with Crippen LogP contribution >= 0.6 is 11.3 Å². The molecule has 1 aromatic rings. The van der Waals surface area contributed by atoms with Gasteiger partial charge in [0.1, 0.15) is 0 Å². The molecule has 4 heteroatoms. The highest BCUT2D eigenvalue weighted by Crippen LogP contribution is 2.27. The Labute approximate surface area is 106 Å². The molecule has 0 bridgehead atoms. The van der Waals surface area contributed by atoms with E-state index in [1.807, 2.05) is 17.5 Å². The third kappa shape index (κ3) is 2.38. The van der Waals surface area contributed by atoms with Crippen LogP contribution in [0.4, 0.5) is 0 Å². The molecule has 1 N–H and O–H groups in total. The zero-order valence-corrected chi connectivity index (χ0v) is 10.7. The Morgan fingerprint density at radius 1 is 1.47 bits per heavy atom. The molecular weight excluding hydrogens is 232 g/mol. The molecule has 17 heavy (non-hydrogen) atoms. The third-order valence-corrected chi connectivity index (χ3v) is 4.84. The second-order valence-electron chi connectivity index (χ2n) is 5.06. The van der Waals surface area contributed by atoms with E-state index in [0.717, 1.165) is 32.1 Å². The van der Waals surface area contributed by atoms with Crippen molar-refractivity contribution >= 4 is 17.2 Å². The van der Waals surface area contributed by atoms with Gasteiger partial charge in [-0.05, 0) is 42.8 Å². The summed E-state index contributed by atoms with van der Waals surface area (Å²) in [5.41, 5.74) is 0. The monoisotopic (exact) mass is 250 g/mol. The average Bonchev–Trinajstić information content (AvgIpc) is 2.97. The van der Waals surface area contributed by atoms with Gasteiger partial charge >= 0.3 is 0 Å². The van der Waals surface area contributed by atoms with Gasteiger partial charge in [-0.15, -0.1) is 11.3 Å². The van der Waals surface area contributed by atoms with E-state index in [1.54, 1.807) is 11.3 Å². The molecule has 0 aliphatic carbocycles. The molecule has 2 aliphatic heterocycles. The Morgan fingerprint density at radius 2 is 2.35 bits per heavy atom. The Balaban J connectivity index is 1.59. The minimum atomic E-state index is 0.304. The number of thiophene rings is 1. The van der Waals surface area contributed by atoms with Crippen molar-refractivity contribution in [3.05, 3.63) is 22.4 Å². The molecule has 0 saturated carbocycles. The Kier molecular flexibility index (Phi) is 3.16. The fourth-order valence-corrected chi connectivity index (χ4v) is 3.63. The first-order valence-corrected chi connectivity index (χ1v) is 7.22. The molecule has 2 aliphatic rings. The van der Waals surface area contributed by atoms with Crippen molar-refractivity contribution < 1.29 is 4.79 Å². The zero-order chi connectivity index (χ0) is 11.7. The summed E-state index contributed by atoms with van der Waals surface area (Å²) >= 11 is 1.67. The molecule has 0 radical (unpaired) electrons. The lowest BCUT2D eigenvalue weighted by molar-refractivity contribution is -0.132. The molecular formula is C13H18N2OS. The fourth-order valence-electron chi connectivity index (χ4n) is 2.94. The quantitative estimate of drug-likeness (QED) is 0.859. The molecule has 3 rings (SSSR count). The van der Waals surface area contributed by atoms with Gasteiger partial charge in [-0.25, -0.2) is 0 Å². The van der Waals surface area contributed by atoms with Crippen molar-refractivity contribution in [2.45, 2.75) is 12.8 Å². The van der Waals surface area contributed by atoms with Gasteiger partial charge in [-0.1, -0.05) is 6.07 Å². The highest BCUT2D eigenvalue weighted by molar-refractivity contribution is 7.10. The molecule has 2 atom stereocenters. The summed E-state index contributed by atoms with van der Waals surface area (Å²) in [6.45, 7) is 4.15. The minimum Gasteiger partial charge on any atom is -0.342 e. The first-order valence-electron chi connectivity index (χ1n) is 6.34. The molecule has 0 aromatic carbocycles. The molecule has 1 aromatic heterocycles. The predicted octanol–water partition coefficient (Wildman–Crippen LogP) is 1.36. The number of carbonyl (C=O) groups is 1. The molecule has 0 spiro atoms. The molecule has 3 nitrogen and oxygen atoms in total. The van der Waals surface area contributed by atoms with Gasteiger partial charge in [-0.2, -0.15) is 0 Å². The first kappa shape index (κ1) is 11.2. The number of carbonyl (C=O) groups excluding carboxylic acids is 1. The van der Waals surface area contributed by atoms with E-state index in [4.69, 9.17) is 0 Å². The number of rotatable bonds is 2. The van der Waals surface area contributed by atoms with Crippen LogP contribution in [0.15, 0.2) is 17.5 Å². The van der Waals surface area contributed by atoms with E-state index in [-0.39, 0.29) is 0 Å². The zero-order valence-electron chi connectivity index (χ0n) is 9.89. The van der Waals surface area contributed by atoms with Crippen molar-refractivity contribution in [2.75, 3.05) is 26.2 Å². The second kappa shape index (κ2) is 4.78. The SMILES string of the molecule is O=C(Cc1cccs1)N1CCC2CNCC2C1. The summed E-state index contributed by atoms with van der Waals surface area (Å²) in [7, 11) is 0. The molecule has 2 unspecified atom stereocenters. The van der Waals surface area contributed by atoms with E-state index >= 15 is 0 Å². The maximum absolute atomic E-state index is 12.2. The number of piperidine rings is 1. The summed E-state index contributed by atoms with van der Waals surface area (Å²) in [6.07, 6.45) is 1.76. The Morgan fingerprint density at radius 3 is 3.18 bits per heavy atom. The number of fused-ring (bicyclic) bond motifs is 1. The summed E-state index contributed by atoms with van der Waals surface area (Å²) in [5.74, 6) is 1.80. The first-order chi connectivity index (χ1) is 8.33. The largest absolute Gasteiger partial charge is 0.342 e. The molecule has 1 amide bonds. The van der Waals surface area contributed by atoms with Gasteiger partial charge < -0.3 is 10.2 Å². The molecule has 2 saturated heterocycles. The van der Waals surface area contributed by atoms with Gasteiger partial charge in [0.15, 0.2) is 0 Å². The third-order valence-electron chi connectivity index (χ3n) is 3.96.